The molecule has 4 aromatic rings. The number of aliphatic hydroxyl groups is 1. The minimum Gasteiger partial charge on any atom is -0.491 e. The summed E-state index contributed by atoms with van der Waals surface area (Å²) in [5.41, 5.74) is 6.10. The minimum atomic E-state index is -0.731. The Hall–Kier alpha value is -5.65. The molecule has 11 nitrogen and oxygen atoms in total. The Kier molecular flexibility index (Phi) is 15.2. The van der Waals surface area contributed by atoms with Gasteiger partial charge in [0.2, 0.25) is 17.7 Å². The Morgan fingerprint density at radius 3 is 1.98 bits per heavy atom. The van der Waals surface area contributed by atoms with Gasteiger partial charge in [-0.15, -0.1) is 0 Å². The van der Waals surface area contributed by atoms with Gasteiger partial charge in [-0.2, -0.15) is 0 Å². The molecule has 2 aliphatic heterocycles. The molecule has 1 atom stereocenters. The van der Waals surface area contributed by atoms with Gasteiger partial charge < -0.3 is 34.3 Å². The monoisotopic (exact) mass is 800 g/mol. The van der Waals surface area contributed by atoms with Crippen molar-refractivity contribution in [3.8, 4) is 5.75 Å². The zero-order valence-electron chi connectivity index (χ0n) is 35.1. The van der Waals surface area contributed by atoms with Crippen molar-refractivity contribution in [2.45, 2.75) is 52.4 Å². The first kappa shape index (κ1) is 42.9. The molecule has 1 unspecified atom stereocenters. The molecule has 0 aliphatic carbocycles. The first-order valence-electron chi connectivity index (χ1n) is 20.9. The summed E-state index contributed by atoms with van der Waals surface area (Å²) in [5, 5.41) is 9.31. The molecule has 0 spiro atoms. The van der Waals surface area contributed by atoms with Gasteiger partial charge in [-0.3, -0.25) is 19.3 Å². The molecule has 1 N–H and O–H groups in total. The maximum atomic E-state index is 14.8. The first-order chi connectivity index (χ1) is 28.6. The Balaban J connectivity index is 1.21. The Labute approximate surface area is 350 Å². The van der Waals surface area contributed by atoms with Crippen molar-refractivity contribution in [3.63, 3.8) is 0 Å². The molecule has 59 heavy (non-hydrogen) atoms. The van der Waals surface area contributed by atoms with E-state index in [1.54, 1.807) is 24.0 Å². The van der Waals surface area contributed by atoms with Crippen molar-refractivity contribution >= 4 is 35.2 Å². The largest absolute Gasteiger partial charge is 0.491 e. The minimum absolute atomic E-state index is 0.0540. The molecule has 2 heterocycles. The van der Waals surface area contributed by atoms with Gasteiger partial charge in [-0.05, 0) is 78.6 Å². The van der Waals surface area contributed by atoms with Crippen LogP contribution in [0.4, 0.5) is 11.4 Å². The van der Waals surface area contributed by atoms with Crippen LogP contribution in [0.2, 0.25) is 0 Å². The summed E-state index contributed by atoms with van der Waals surface area (Å²) in [6, 6.07) is 33.5. The second-order valence-electron chi connectivity index (χ2n) is 15.8. The van der Waals surface area contributed by atoms with Crippen LogP contribution in [-0.2, 0) is 33.9 Å². The average molecular weight is 801 g/mol. The summed E-state index contributed by atoms with van der Waals surface area (Å²) in [5.74, 6) is 0.574. The maximum Gasteiger partial charge on any atom is 0.247 e. The zero-order valence-corrected chi connectivity index (χ0v) is 35.1. The normalized spacial score (nSPS) is 15.4. The van der Waals surface area contributed by atoms with Gasteiger partial charge in [0, 0.05) is 110 Å². The van der Waals surface area contributed by atoms with Crippen molar-refractivity contribution in [1.82, 2.24) is 19.6 Å². The van der Waals surface area contributed by atoms with Crippen LogP contribution in [-0.4, -0.2) is 127 Å². The fourth-order valence-corrected chi connectivity index (χ4v) is 7.72. The van der Waals surface area contributed by atoms with E-state index >= 15 is 0 Å². The number of anilines is 2. The number of ether oxygens (including phenoxy) is 1. The molecule has 0 radical (unpaired) electrons. The van der Waals surface area contributed by atoms with Crippen LogP contribution in [0.5, 0.6) is 5.75 Å². The molecule has 0 bridgehead atoms. The van der Waals surface area contributed by atoms with Crippen molar-refractivity contribution in [3.05, 3.63) is 131 Å². The number of hydrogen-bond donors (Lipinski definition) is 1. The van der Waals surface area contributed by atoms with Crippen LogP contribution < -0.4 is 14.5 Å². The van der Waals surface area contributed by atoms with Gasteiger partial charge in [-0.25, -0.2) is 0 Å². The van der Waals surface area contributed by atoms with Crippen molar-refractivity contribution in [2.75, 3.05) is 82.4 Å². The van der Waals surface area contributed by atoms with E-state index in [-0.39, 0.29) is 37.0 Å². The standard InChI is InChI=1S/C48H60N6O5/c1-37(2)59-45-21-14-39(15-22-45)16-23-47(57)54(36-42-12-19-44(20-13-42)52-30-28-51(29-31-52)38(3)56)46(34-40-8-6-5-7-9-40)48(58)53-26-24-50(25-27-53)35-41-10-17-43(18-11-41)49(4)32-33-55/h5-23,37,46,55H,24-36H2,1-4H3. The fraction of sp³-hybridized carbons (Fsp3) is 0.396. The van der Waals surface area contributed by atoms with E-state index in [0.29, 0.717) is 39.1 Å². The van der Waals surface area contributed by atoms with Crippen molar-refractivity contribution < 1.29 is 24.2 Å². The summed E-state index contributed by atoms with van der Waals surface area (Å²) >= 11 is 0. The van der Waals surface area contributed by atoms with Gasteiger partial charge in [0.05, 0.1) is 12.7 Å². The number of amides is 3. The number of aliphatic hydroxyl groups excluding tert-OH is 1. The Morgan fingerprint density at radius 2 is 1.37 bits per heavy atom. The van der Waals surface area contributed by atoms with E-state index in [1.165, 1.54) is 5.56 Å². The van der Waals surface area contributed by atoms with Crippen LogP contribution >= 0.6 is 0 Å². The number of carbonyl (C=O) groups is 3. The first-order valence-corrected chi connectivity index (χ1v) is 20.9. The predicted octanol–water partition coefficient (Wildman–Crippen LogP) is 5.57. The van der Waals surface area contributed by atoms with Crippen molar-refractivity contribution in [2.24, 2.45) is 0 Å². The molecule has 6 rings (SSSR count). The number of carbonyl (C=O) groups excluding carboxylic acids is 3. The third kappa shape index (κ3) is 12.2. The second-order valence-corrected chi connectivity index (χ2v) is 15.8. The molecule has 0 saturated carbocycles. The van der Waals surface area contributed by atoms with E-state index in [9.17, 15) is 19.5 Å². The number of piperazine rings is 2. The number of likely N-dealkylation sites (N-methyl/N-ethyl adjacent to an activating group) is 1. The van der Waals surface area contributed by atoms with Gasteiger partial charge in [0.15, 0.2) is 0 Å². The van der Waals surface area contributed by atoms with Crippen LogP contribution in [0.15, 0.2) is 109 Å². The van der Waals surface area contributed by atoms with E-state index in [1.807, 2.05) is 102 Å². The molecule has 11 heteroatoms. The highest BCUT2D eigenvalue weighted by Crippen LogP contribution is 2.23. The van der Waals surface area contributed by atoms with Gasteiger partial charge >= 0.3 is 0 Å². The summed E-state index contributed by atoms with van der Waals surface area (Å²) in [6.07, 6.45) is 3.83. The second kappa shape index (κ2) is 20.9. The lowest BCUT2D eigenvalue weighted by Gasteiger charge is -2.39. The molecule has 0 aromatic heterocycles. The topological polar surface area (TPSA) is 100 Å². The smallest absolute Gasteiger partial charge is 0.247 e. The Bertz CT molecular complexity index is 1970. The molecular weight excluding hydrogens is 741 g/mol. The lowest BCUT2D eigenvalue weighted by molar-refractivity contribution is -0.145. The number of rotatable bonds is 16. The van der Waals surface area contributed by atoms with Gasteiger partial charge in [-0.1, -0.05) is 66.7 Å². The molecule has 312 valence electrons. The Morgan fingerprint density at radius 1 is 0.746 bits per heavy atom. The predicted molar refractivity (Wildman–Crippen MR) is 235 cm³/mol. The number of nitrogens with zero attached hydrogens (tertiary/aromatic N) is 6. The molecular formula is C48H60N6O5. The van der Waals surface area contributed by atoms with E-state index in [4.69, 9.17) is 4.74 Å². The SMILES string of the molecule is CC(=O)N1CCN(c2ccc(CN(C(=O)C=Cc3ccc(OC(C)C)cc3)C(Cc3ccccc3)C(=O)N3CCN(Cc4ccc(N(C)CCO)cc4)CC3)cc2)CC1. The summed E-state index contributed by atoms with van der Waals surface area (Å²) in [4.78, 5) is 53.4. The molecule has 2 saturated heterocycles. The van der Waals surface area contributed by atoms with Gasteiger partial charge in [0.1, 0.15) is 11.8 Å². The third-order valence-electron chi connectivity index (χ3n) is 11.2. The van der Waals surface area contributed by atoms with E-state index < -0.39 is 6.04 Å². The van der Waals surface area contributed by atoms with Gasteiger partial charge in [0.25, 0.3) is 0 Å². The van der Waals surface area contributed by atoms with E-state index in [0.717, 1.165) is 66.5 Å². The molecule has 2 aliphatic rings. The zero-order chi connectivity index (χ0) is 41.7. The summed E-state index contributed by atoms with van der Waals surface area (Å²) < 4.78 is 5.82. The van der Waals surface area contributed by atoms with Crippen LogP contribution in [0.3, 0.4) is 0 Å². The quantitative estimate of drug-likeness (QED) is 0.147. The molecule has 3 amide bonds. The third-order valence-corrected chi connectivity index (χ3v) is 11.2. The molecule has 2 fully saturated rings. The average Bonchev–Trinajstić information content (AvgIpc) is 3.25. The maximum absolute atomic E-state index is 14.8. The van der Waals surface area contributed by atoms with Crippen molar-refractivity contribution in [1.29, 1.82) is 0 Å². The highest BCUT2D eigenvalue weighted by Gasteiger charge is 2.34. The lowest BCUT2D eigenvalue weighted by Crippen LogP contribution is -2.56. The van der Waals surface area contributed by atoms with Crippen LogP contribution in [0.25, 0.3) is 6.08 Å². The highest BCUT2D eigenvalue weighted by atomic mass is 16.5. The number of hydrogen-bond acceptors (Lipinski definition) is 8. The van der Waals surface area contributed by atoms with E-state index in [2.05, 4.69) is 46.2 Å². The summed E-state index contributed by atoms with van der Waals surface area (Å²) in [7, 11) is 1.97. The molecule has 4 aromatic carbocycles. The number of benzene rings is 4. The van der Waals surface area contributed by atoms with Crippen LogP contribution in [0.1, 0.15) is 43.0 Å². The highest BCUT2D eigenvalue weighted by molar-refractivity contribution is 5.96. The lowest BCUT2D eigenvalue weighted by atomic mass is 10.0. The summed E-state index contributed by atoms with van der Waals surface area (Å²) in [6.45, 7) is 12.8. The fourth-order valence-electron chi connectivity index (χ4n) is 7.72. The van der Waals surface area contributed by atoms with Crippen LogP contribution in [0, 0.1) is 0 Å².